The fourth-order valence-electron chi connectivity index (χ4n) is 1.85. The maximum Gasteiger partial charge on any atom is 0.135 e. The highest BCUT2D eigenvalue weighted by Gasteiger charge is 2.23. The Bertz CT molecular complexity index is 605. The zero-order valence-corrected chi connectivity index (χ0v) is 12.1. The van der Waals surface area contributed by atoms with Crippen LogP contribution in [-0.2, 0) is 0 Å². The van der Waals surface area contributed by atoms with Crippen LogP contribution in [0.2, 0.25) is 0 Å². The van der Waals surface area contributed by atoms with E-state index >= 15 is 0 Å². The molecule has 0 bridgehead atoms. The van der Waals surface area contributed by atoms with Gasteiger partial charge in [-0.3, -0.25) is 0 Å². The Balaban J connectivity index is 2.56. The zero-order valence-electron chi connectivity index (χ0n) is 9.92. The van der Waals surface area contributed by atoms with Crippen LogP contribution in [0.1, 0.15) is 22.8 Å². The summed E-state index contributed by atoms with van der Waals surface area (Å²) < 4.78 is 40.8. The van der Waals surface area contributed by atoms with Crippen molar-refractivity contribution < 1.29 is 18.3 Å². The van der Waals surface area contributed by atoms with E-state index in [0.717, 1.165) is 9.13 Å². The summed E-state index contributed by atoms with van der Waals surface area (Å²) in [6.45, 7) is 1.83. The average molecular weight is 378 g/mol. The van der Waals surface area contributed by atoms with E-state index in [9.17, 15) is 18.3 Å². The van der Waals surface area contributed by atoms with E-state index in [0.29, 0.717) is 17.7 Å². The number of aryl methyl sites for hydroxylation is 1. The van der Waals surface area contributed by atoms with E-state index in [2.05, 4.69) is 0 Å². The molecule has 1 atom stereocenters. The standard InChI is InChI=1S/C14H10F3IO/c1-7-3-2-4-9(13(7)18)14(19)12-10(16)5-8(15)6-11(12)17/h2-6,14,19H,1H3. The largest absolute Gasteiger partial charge is 0.383 e. The third kappa shape index (κ3) is 2.76. The van der Waals surface area contributed by atoms with Crippen LogP contribution in [0, 0.1) is 27.9 Å². The summed E-state index contributed by atoms with van der Waals surface area (Å²) in [5, 5.41) is 10.1. The number of halogens is 4. The lowest BCUT2D eigenvalue weighted by atomic mass is 9.99. The fraction of sp³-hybridized carbons (Fsp3) is 0.143. The van der Waals surface area contributed by atoms with Crippen molar-refractivity contribution in [1.82, 2.24) is 0 Å². The first-order valence-corrected chi connectivity index (χ1v) is 6.57. The number of aliphatic hydroxyl groups is 1. The Labute approximate surface area is 122 Å². The van der Waals surface area contributed by atoms with Crippen LogP contribution in [0.5, 0.6) is 0 Å². The molecule has 0 aliphatic heterocycles. The minimum absolute atomic E-state index is 0.394. The van der Waals surface area contributed by atoms with Gasteiger partial charge in [-0.05, 0) is 40.6 Å². The van der Waals surface area contributed by atoms with E-state index in [1.165, 1.54) is 0 Å². The molecule has 0 aliphatic carbocycles. The van der Waals surface area contributed by atoms with Crippen LogP contribution in [0.15, 0.2) is 30.3 Å². The minimum atomic E-state index is -1.47. The van der Waals surface area contributed by atoms with Crippen LogP contribution < -0.4 is 0 Å². The minimum Gasteiger partial charge on any atom is -0.383 e. The summed E-state index contributed by atoms with van der Waals surface area (Å²) in [5.74, 6) is -3.20. The molecule has 0 aliphatic rings. The summed E-state index contributed by atoms with van der Waals surface area (Å²) in [6.07, 6.45) is -1.47. The Morgan fingerprint density at radius 2 is 1.68 bits per heavy atom. The van der Waals surface area contributed by atoms with Crippen LogP contribution in [0.25, 0.3) is 0 Å². The Hall–Kier alpha value is -1.08. The summed E-state index contributed by atoms with van der Waals surface area (Å²) in [6, 6.07) is 6.22. The van der Waals surface area contributed by atoms with E-state index in [4.69, 9.17) is 0 Å². The smallest absolute Gasteiger partial charge is 0.135 e. The predicted octanol–water partition coefficient (Wildman–Crippen LogP) is 4.10. The van der Waals surface area contributed by atoms with Gasteiger partial charge in [-0.15, -0.1) is 0 Å². The molecule has 1 unspecified atom stereocenters. The van der Waals surface area contributed by atoms with Crippen molar-refractivity contribution in [1.29, 1.82) is 0 Å². The van der Waals surface area contributed by atoms with Gasteiger partial charge in [0, 0.05) is 15.7 Å². The molecule has 0 saturated heterocycles. The maximum absolute atomic E-state index is 13.6. The molecule has 0 radical (unpaired) electrons. The first-order chi connectivity index (χ1) is 8.91. The van der Waals surface area contributed by atoms with Gasteiger partial charge < -0.3 is 5.11 Å². The molecule has 2 aromatic rings. The lowest BCUT2D eigenvalue weighted by molar-refractivity contribution is 0.207. The van der Waals surface area contributed by atoms with Gasteiger partial charge in [0.25, 0.3) is 0 Å². The van der Waals surface area contributed by atoms with E-state index in [-0.39, 0.29) is 0 Å². The van der Waals surface area contributed by atoms with E-state index in [1.54, 1.807) is 12.1 Å². The van der Waals surface area contributed by atoms with Gasteiger partial charge in [-0.1, -0.05) is 18.2 Å². The zero-order chi connectivity index (χ0) is 14.2. The maximum atomic E-state index is 13.6. The summed E-state index contributed by atoms with van der Waals surface area (Å²) in [7, 11) is 0. The number of aliphatic hydroxyl groups excluding tert-OH is 1. The van der Waals surface area contributed by atoms with Crippen LogP contribution in [-0.4, -0.2) is 5.11 Å². The number of hydrogen-bond acceptors (Lipinski definition) is 1. The predicted molar refractivity (Wildman–Crippen MR) is 74.3 cm³/mol. The van der Waals surface area contributed by atoms with Crippen LogP contribution >= 0.6 is 22.6 Å². The van der Waals surface area contributed by atoms with Crippen molar-refractivity contribution >= 4 is 22.6 Å². The molecule has 0 aromatic heterocycles. The quantitative estimate of drug-likeness (QED) is 0.781. The van der Waals surface area contributed by atoms with Crippen molar-refractivity contribution in [3.8, 4) is 0 Å². The lowest BCUT2D eigenvalue weighted by Crippen LogP contribution is -2.08. The molecule has 0 saturated carbocycles. The topological polar surface area (TPSA) is 20.2 Å². The van der Waals surface area contributed by atoms with Gasteiger partial charge in [0.05, 0.1) is 5.56 Å². The second-order valence-corrected chi connectivity index (χ2v) is 5.24. The van der Waals surface area contributed by atoms with E-state index in [1.807, 2.05) is 35.6 Å². The summed E-state index contributed by atoms with van der Waals surface area (Å²) in [5.41, 5.74) is 0.745. The van der Waals surface area contributed by atoms with Crippen molar-refractivity contribution in [2.24, 2.45) is 0 Å². The van der Waals surface area contributed by atoms with E-state index < -0.39 is 29.1 Å². The first kappa shape index (κ1) is 14.3. The SMILES string of the molecule is Cc1cccc(C(O)c2c(F)cc(F)cc2F)c1I. The summed E-state index contributed by atoms with van der Waals surface area (Å²) in [4.78, 5) is 0. The second-order valence-electron chi connectivity index (χ2n) is 4.16. The van der Waals surface area contributed by atoms with Crippen LogP contribution in [0.4, 0.5) is 13.2 Å². The molecule has 2 rings (SSSR count). The third-order valence-corrected chi connectivity index (χ3v) is 4.31. The summed E-state index contributed by atoms with van der Waals surface area (Å²) >= 11 is 2.00. The number of hydrogen-bond donors (Lipinski definition) is 1. The Kier molecular flexibility index (Phi) is 4.15. The highest BCUT2D eigenvalue weighted by Crippen LogP contribution is 2.31. The van der Waals surface area contributed by atoms with Crippen molar-refractivity contribution in [2.75, 3.05) is 0 Å². The molecule has 1 nitrogen and oxygen atoms in total. The lowest BCUT2D eigenvalue weighted by Gasteiger charge is -2.16. The molecule has 19 heavy (non-hydrogen) atoms. The molecule has 0 amide bonds. The number of benzene rings is 2. The van der Waals surface area contributed by atoms with Crippen molar-refractivity contribution in [2.45, 2.75) is 13.0 Å². The second kappa shape index (κ2) is 5.50. The highest BCUT2D eigenvalue weighted by molar-refractivity contribution is 14.1. The molecule has 1 N–H and O–H groups in total. The third-order valence-electron chi connectivity index (χ3n) is 2.83. The van der Waals surface area contributed by atoms with Gasteiger partial charge in [0.1, 0.15) is 23.6 Å². The molecule has 0 spiro atoms. The van der Waals surface area contributed by atoms with Gasteiger partial charge in [-0.2, -0.15) is 0 Å². The van der Waals surface area contributed by atoms with Gasteiger partial charge in [-0.25, -0.2) is 13.2 Å². The molecule has 2 aromatic carbocycles. The molecular weight excluding hydrogens is 368 g/mol. The van der Waals surface area contributed by atoms with Crippen molar-refractivity contribution in [3.63, 3.8) is 0 Å². The molecule has 100 valence electrons. The average Bonchev–Trinajstić information content (AvgIpc) is 2.31. The van der Waals surface area contributed by atoms with Gasteiger partial charge in [0.15, 0.2) is 0 Å². The fourth-order valence-corrected chi connectivity index (χ4v) is 2.51. The monoisotopic (exact) mass is 378 g/mol. The Morgan fingerprint density at radius 3 is 2.26 bits per heavy atom. The van der Waals surface area contributed by atoms with Gasteiger partial charge >= 0.3 is 0 Å². The molecule has 0 fully saturated rings. The number of rotatable bonds is 2. The molecular formula is C14H10F3IO. The Morgan fingerprint density at radius 1 is 1.11 bits per heavy atom. The molecule has 0 heterocycles. The first-order valence-electron chi connectivity index (χ1n) is 5.49. The van der Waals surface area contributed by atoms with Gasteiger partial charge in [0.2, 0.25) is 0 Å². The van der Waals surface area contributed by atoms with Crippen molar-refractivity contribution in [3.05, 3.63) is 68.0 Å². The van der Waals surface area contributed by atoms with Crippen LogP contribution in [0.3, 0.4) is 0 Å². The molecule has 5 heteroatoms. The normalized spacial score (nSPS) is 12.5. The highest BCUT2D eigenvalue weighted by atomic mass is 127.